The van der Waals surface area contributed by atoms with Crippen LogP contribution in [0.4, 0.5) is 0 Å². The number of benzene rings is 1. The normalized spacial score (nSPS) is 11.3. The molecule has 3 rings (SSSR count). The van der Waals surface area contributed by atoms with Gasteiger partial charge in [-0.25, -0.2) is 4.98 Å². The van der Waals surface area contributed by atoms with E-state index in [0.29, 0.717) is 12.5 Å². The molecule has 0 N–H and O–H groups in total. The molecule has 24 heavy (non-hydrogen) atoms. The van der Waals surface area contributed by atoms with Crippen molar-refractivity contribution < 1.29 is 9.15 Å². The lowest BCUT2D eigenvalue weighted by Gasteiger charge is -2.21. The van der Waals surface area contributed by atoms with Crippen LogP contribution >= 0.6 is 11.3 Å². The Kier molecular flexibility index (Phi) is 5.80. The summed E-state index contributed by atoms with van der Waals surface area (Å²) in [6, 6.07) is 14.5. The number of aryl methyl sites for hydroxylation is 1. The molecule has 0 spiro atoms. The summed E-state index contributed by atoms with van der Waals surface area (Å²) < 4.78 is 11.1. The minimum Gasteiger partial charge on any atom is -0.440 e. The molecule has 4 nitrogen and oxygen atoms in total. The molecule has 0 bridgehead atoms. The Bertz CT molecular complexity index is 738. The zero-order valence-electron chi connectivity index (χ0n) is 14.1. The summed E-state index contributed by atoms with van der Waals surface area (Å²) in [4.78, 5) is 8.10. The van der Waals surface area contributed by atoms with Crippen molar-refractivity contribution >= 4 is 11.3 Å². The molecule has 0 aliphatic heterocycles. The number of rotatable bonds is 8. The van der Waals surface area contributed by atoms with Gasteiger partial charge in [0.2, 0.25) is 5.89 Å². The molecule has 0 saturated carbocycles. The molecule has 0 fully saturated rings. The topological polar surface area (TPSA) is 38.5 Å². The van der Waals surface area contributed by atoms with Crippen molar-refractivity contribution in [1.29, 1.82) is 0 Å². The molecular weight excluding hydrogens is 320 g/mol. The fourth-order valence-corrected chi connectivity index (χ4v) is 3.22. The summed E-state index contributed by atoms with van der Waals surface area (Å²) in [5.74, 6) is 1.60. The molecule has 0 atom stereocenters. The zero-order chi connectivity index (χ0) is 16.8. The number of methoxy groups -OCH3 is 1. The van der Waals surface area contributed by atoms with Gasteiger partial charge in [0, 0.05) is 26.7 Å². The standard InChI is InChI=1S/C19H22N2O2S/c1-15-17(20-19(23-15)18-9-6-12-24-18)14-21(10-11-22-2)13-16-7-4-3-5-8-16/h3-9,12H,10-11,13-14H2,1-2H3. The summed E-state index contributed by atoms with van der Waals surface area (Å²) in [5.41, 5.74) is 2.28. The third-order valence-electron chi connectivity index (χ3n) is 3.86. The first-order chi connectivity index (χ1) is 11.8. The summed E-state index contributed by atoms with van der Waals surface area (Å²) in [7, 11) is 1.73. The molecule has 2 heterocycles. The maximum absolute atomic E-state index is 5.86. The van der Waals surface area contributed by atoms with Gasteiger partial charge in [-0.2, -0.15) is 0 Å². The number of aromatic nitrogens is 1. The Morgan fingerprint density at radius 2 is 1.96 bits per heavy atom. The first-order valence-corrected chi connectivity index (χ1v) is 8.89. The van der Waals surface area contributed by atoms with Gasteiger partial charge in [0.15, 0.2) is 0 Å². The van der Waals surface area contributed by atoms with Crippen LogP contribution in [-0.4, -0.2) is 30.1 Å². The van der Waals surface area contributed by atoms with Gasteiger partial charge < -0.3 is 9.15 Å². The van der Waals surface area contributed by atoms with Gasteiger partial charge in [-0.05, 0) is 23.9 Å². The average Bonchev–Trinajstić information content (AvgIpc) is 3.24. The van der Waals surface area contributed by atoms with Crippen LogP contribution in [0.5, 0.6) is 0 Å². The Labute approximate surface area is 146 Å². The zero-order valence-corrected chi connectivity index (χ0v) is 14.9. The molecular formula is C19H22N2O2S. The van der Waals surface area contributed by atoms with E-state index in [0.717, 1.165) is 36.0 Å². The quantitative estimate of drug-likeness (QED) is 0.610. The highest BCUT2D eigenvalue weighted by Crippen LogP contribution is 2.26. The third-order valence-corrected chi connectivity index (χ3v) is 4.72. The van der Waals surface area contributed by atoms with E-state index in [9.17, 15) is 0 Å². The van der Waals surface area contributed by atoms with Gasteiger partial charge in [0.05, 0.1) is 17.2 Å². The second-order valence-electron chi connectivity index (χ2n) is 5.69. The maximum atomic E-state index is 5.86. The number of hydrogen-bond donors (Lipinski definition) is 0. The summed E-state index contributed by atoms with van der Waals surface area (Å²) in [6.45, 7) is 5.15. The second-order valence-corrected chi connectivity index (χ2v) is 6.64. The van der Waals surface area contributed by atoms with E-state index in [1.165, 1.54) is 5.56 Å². The molecule has 2 aromatic heterocycles. The van der Waals surface area contributed by atoms with E-state index in [-0.39, 0.29) is 0 Å². The number of nitrogens with zero attached hydrogens (tertiary/aromatic N) is 2. The fourth-order valence-electron chi connectivity index (χ4n) is 2.57. The Morgan fingerprint density at radius 3 is 2.67 bits per heavy atom. The van der Waals surface area contributed by atoms with Crippen LogP contribution < -0.4 is 0 Å². The van der Waals surface area contributed by atoms with Gasteiger partial charge in [0.1, 0.15) is 5.76 Å². The lowest BCUT2D eigenvalue weighted by atomic mass is 10.2. The maximum Gasteiger partial charge on any atom is 0.236 e. The van der Waals surface area contributed by atoms with Gasteiger partial charge in [-0.15, -0.1) is 11.3 Å². The average molecular weight is 342 g/mol. The van der Waals surface area contributed by atoms with Crippen LogP contribution in [0.15, 0.2) is 52.3 Å². The minimum absolute atomic E-state index is 0.696. The molecule has 126 valence electrons. The van der Waals surface area contributed by atoms with Gasteiger partial charge in [-0.3, -0.25) is 4.90 Å². The monoisotopic (exact) mass is 342 g/mol. The molecule has 1 aromatic carbocycles. The molecule has 3 aromatic rings. The van der Waals surface area contributed by atoms with Crippen molar-refractivity contribution in [2.45, 2.75) is 20.0 Å². The highest BCUT2D eigenvalue weighted by Gasteiger charge is 2.15. The first kappa shape index (κ1) is 16.9. The summed E-state index contributed by atoms with van der Waals surface area (Å²) >= 11 is 1.64. The van der Waals surface area contributed by atoms with Crippen molar-refractivity contribution in [3.8, 4) is 10.8 Å². The first-order valence-electron chi connectivity index (χ1n) is 8.01. The third kappa shape index (κ3) is 4.32. The predicted octanol–water partition coefficient (Wildman–Crippen LogP) is 4.36. The molecule has 0 aliphatic carbocycles. The van der Waals surface area contributed by atoms with E-state index in [2.05, 4.69) is 29.2 Å². The highest BCUT2D eigenvalue weighted by atomic mass is 32.1. The summed E-state index contributed by atoms with van der Waals surface area (Å²) in [6.07, 6.45) is 0. The van der Waals surface area contributed by atoms with E-state index in [1.807, 2.05) is 30.5 Å². The smallest absolute Gasteiger partial charge is 0.236 e. The highest BCUT2D eigenvalue weighted by molar-refractivity contribution is 7.13. The summed E-state index contributed by atoms with van der Waals surface area (Å²) in [5, 5.41) is 2.04. The van der Waals surface area contributed by atoms with Crippen LogP contribution in [0.1, 0.15) is 17.0 Å². The van der Waals surface area contributed by atoms with Crippen LogP contribution in [-0.2, 0) is 17.8 Å². The van der Waals surface area contributed by atoms with Crippen LogP contribution in [0.3, 0.4) is 0 Å². The molecule has 0 aliphatic rings. The van der Waals surface area contributed by atoms with Crippen LogP contribution in [0.25, 0.3) is 10.8 Å². The Morgan fingerprint density at radius 1 is 1.12 bits per heavy atom. The number of ether oxygens (including phenoxy) is 1. The molecule has 0 unspecified atom stereocenters. The lowest BCUT2D eigenvalue weighted by Crippen LogP contribution is -2.27. The van der Waals surface area contributed by atoms with E-state index < -0.39 is 0 Å². The van der Waals surface area contributed by atoms with Crippen molar-refractivity contribution in [2.75, 3.05) is 20.3 Å². The largest absolute Gasteiger partial charge is 0.440 e. The number of hydrogen-bond acceptors (Lipinski definition) is 5. The van der Waals surface area contributed by atoms with E-state index in [4.69, 9.17) is 14.1 Å². The SMILES string of the molecule is COCCN(Cc1ccccc1)Cc1nc(-c2cccs2)oc1C. The van der Waals surface area contributed by atoms with Crippen molar-refractivity contribution in [3.63, 3.8) is 0 Å². The minimum atomic E-state index is 0.696. The van der Waals surface area contributed by atoms with E-state index >= 15 is 0 Å². The van der Waals surface area contributed by atoms with E-state index in [1.54, 1.807) is 18.4 Å². The van der Waals surface area contributed by atoms with Crippen LogP contribution in [0.2, 0.25) is 0 Å². The van der Waals surface area contributed by atoms with Crippen molar-refractivity contribution in [2.24, 2.45) is 0 Å². The fraction of sp³-hybridized carbons (Fsp3) is 0.316. The Hall–Kier alpha value is -1.95. The molecule has 0 radical (unpaired) electrons. The van der Waals surface area contributed by atoms with Gasteiger partial charge in [-0.1, -0.05) is 36.4 Å². The molecule has 5 heteroatoms. The predicted molar refractivity (Wildman–Crippen MR) is 97.0 cm³/mol. The number of oxazole rings is 1. The number of thiophene rings is 1. The second kappa shape index (κ2) is 8.24. The lowest BCUT2D eigenvalue weighted by molar-refractivity contribution is 0.139. The van der Waals surface area contributed by atoms with Gasteiger partial charge in [0.25, 0.3) is 0 Å². The Balaban J connectivity index is 1.74. The van der Waals surface area contributed by atoms with Crippen molar-refractivity contribution in [3.05, 3.63) is 64.9 Å². The van der Waals surface area contributed by atoms with Crippen LogP contribution in [0, 0.1) is 6.92 Å². The molecule has 0 amide bonds. The molecule has 0 saturated heterocycles. The van der Waals surface area contributed by atoms with Gasteiger partial charge >= 0.3 is 0 Å². The van der Waals surface area contributed by atoms with Crippen molar-refractivity contribution in [1.82, 2.24) is 9.88 Å².